The summed E-state index contributed by atoms with van der Waals surface area (Å²) in [5.74, 6) is 0. The number of hydrogen-bond donors (Lipinski definition) is 2. The van der Waals surface area contributed by atoms with E-state index in [1.165, 1.54) is 6.39 Å². The summed E-state index contributed by atoms with van der Waals surface area (Å²) in [6.45, 7) is 3.65. The summed E-state index contributed by atoms with van der Waals surface area (Å²) >= 11 is 0. The Hall–Kier alpha value is -2.19. The molecule has 0 aliphatic carbocycles. The molecule has 0 atom stereocenters. The van der Waals surface area contributed by atoms with Gasteiger partial charge in [-0.25, -0.2) is 18.1 Å². The zero-order valence-corrected chi connectivity index (χ0v) is 13.1. The smallest absolute Gasteiger partial charge is 0.244 e. The lowest BCUT2D eigenvalue weighted by molar-refractivity contribution is 0.580. The van der Waals surface area contributed by atoms with Gasteiger partial charge >= 0.3 is 0 Å². The highest BCUT2D eigenvalue weighted by atomic mass is 32.2. The molecule has 3 aromatic rings. The predicted molar refractivity (Wildman–Crippen MR) is 81.0 cm³/mol. The van der Waals surface area contributed by atoms with Crippen LogP contribution in [0.1, 0.15) is 17.0 Å². The van der Waals surface area contributed by atoms with Gasteiger partial charge in [-0.2, -0.15) is 5.10 Å². The van der Waals surface area contributed by atoms with Crippen molar-refractivity contribution in [3.05, 3.63) is 41.5 Å². The van der Waals surface area contributed by atoms with Gasteiger partial charge in [0.2, 0.25) is 10.0 Å². The van der Waals surface area contributed by atoms with Crippen molar-refractivity contribution in [3.63, 3.8) is 0 Å². The lowest BCUT2D eigenvalue weighted by atomic mass is 10.1. The molecule has 0 saturated heterocycles. The molecule has 0 amide bonds. The van der Waals surface area contributed by atoms with Gasteiger partial charge in [0.25, 0.3) is 0 Å². The summed E-state index contributed by atoms with van der Waals surface area (Å²) in [5.41, 5.74) is 3.48. The molecule has 0 saturated carbocycles. The summed E-state index contributed by atoms with van der Waals surface area (Å²) in [6.07, 6.45) is 1.96. The molecular weight excluding hydrogens is 304 g/mol. The number of rotatable bonds is 5. The van der Waals surface area contributed by atoms with Gasteiger partial charge in [0.05, 0.1) is 11.4 Å². The Bertz CT molecular complexity index is 892. The lowest BCUT2D eigenvalue weighted by Crippen LogP contribution is -2.26. The summed E-state index contributed by atoms with van der Waals surface area (Å²) in [7, 11) is -3.56. The molecule has 0 spiro atoms. The van der Waals surface area contributed by atoms with E-state index >= 15 is 0 Å². The molecule has 0 aliphatic heterocycles. The van der Waals surface area contributed by atoms with E-state index in [9.17, 15) is 8.42 Å². The van der Waals surface area contributed by atoms with Crippen LogP contribution in [0.15, 0.2) is 33.9 Å². The molecule has 0 radical (unpaired) electrons. The van der Waals surface area contributed by atoms with Crippen LogP contribution < -0.4 is 4.72 Å². The maximum atomic E-state index is 12.3. The molecule has 0 fully saturated rings. The average Bonchev–Trinajstić information content (AvgIpc) is 3.05. The largest absolute Gasteiger partial charge is 0.443 e. The summed E-state index contributed by atoms with van der Waals surface area (Å²) in [4.78, 5) is 4.30. The molecule has 0 unspecified atom stereocenters. The fourth-order valence-electron chi connectivity index (χ4n) is 2.40. The summed E-state index contributed by atoms with van der Waals surface area (Å²) < 4.78 is 32.4. The lowest BCUT2D eigenvalue weighted by Gasteiger charge is -2.07. The van der Waals surface area contributed by atoms with Gasteiger partial charge in [-0.1, -0.05) is 6.07 Å². The number of nitrogens with one attached hydrogen (secondary N) is 2. The van der Waals surface area contributed by atoms with Gasteiger partial charge in [-0.3, -0.25) is 5.10 Å². The van der Waals surface area contributed by atoms with Crippen molar-refractivity contribution < 1.29 is 12.8 Å². The monoisotopic (exact) mass is 320 g/mol. The van der Waals surface area contributed by atoms with Gasteiger partial charge in [0.1, 0.15) is 10.4 Å². The first-order valence-electron chi connectivity index (χ1n) is 6.81. The zero-order chi connectivity index (χ0) is 15.7. The average molecular weight is 320 g/mol. The Labute approximate surface area is 127 Å². The van der Waals surface area contributed by atoms with Gasteiger partial charge in [-0.15, -0.1) is 0 Å². The minimum Gasteiger partial charge on any atom is -0.443 e. The minimum atomic E-state index is -3.56. The third-order valence-electron chi connectivity index (χ3n) is 3.43. The Morgan fingerprint density at radius 1 is 1.32 bits per heavy atom. The van der Waals surface area contributed by atoms with Crippen LogP contribution in [0.2, 0.25) is 0 Å². The van der Waals surface area contributed by atoms with E-state index in [1.54, 1.807) is 13.8 Å². The number of H-pyrrole nitrogens is 1. The van der Waals surface area contributed by atoms with Crippen molar-refractivity contribution in [1.82, 2.24) is 19.9 Å². The van der Waals surface area contributed by atoms with Crippen LogP contribution in [0.3, 0.4) is 0 Å². The molecule has 3 rings (SSSR count). The molecule has 2 heterocycles. The number of hydrogen-bond acceptors (Lipinski definition) is 5. The van der Waals surface area contributed by atoms with Gasteiger partial charge in [0, 0.05) is 6.54 Å². The van der Waals surface area contributed by atoms with Crippen LogP contribution in [0.5, 0.6) is 0 Å². The van der Waals surface area contributed by atoms with Crippen LogP contribution >= 0.6 is 0 Å². The van der Waals surface area contributed by atoms with E-state index in [0.29, 0.717) is 29.9 Å². The van der Waals surface area contributed by atoms with Crippen molar-refractivity contribution >= 4 is 21.1 Å². The van der Waals surface area contributed by atoms with E-state index in [1.807, 2.05) is 18.2 Å². The van der Waals surface area contributed by atoms with Crippen molar-refractivity contribution in [3.8, 4) is 0 Å². The van der Waals surface area contributed by atoms with Crippen molar-refractivity contribution in [2.45, 2.75) is 25.2 Å². The van der Waals surface area contributed by atoms with Gasteiger partial charge in [-0.05, 0) is 38.0 Å². The number of oxazole rings is 1. The van der Waals surface area contributed by atoms with E-state index < -0.39 is 10.0 Å². The highest BCUT2D eigenvalue weighted by Gasteiger charge is 2.21. The van der Waals surface area contributed by atoms with E-state index in [4.69, 9.17) is 4.42 Å². The second-order valence-electron chi connectivity index (χ2n) is 5.07. The summed E-state index contributed by atoms with van der Waals surface area (Å²) in [5, 5.41) is 6.59. The number of aromatic nitrogens is 3. The minimum absolute atomic E-state index is 0.222. The maximum absolute atomic E-state index is 12.3. The van der Waals surface area contributed by atoms with Crippen LogP contribution in [-0.2, 0) is 16.4 Å². The predicted octanol–water partition coefficient (Wildman–Crippen LogP) is 1.69. The topological polar surface area (TPSA) is 101 Å². The second kappa shape index (κ2) is 5.54. The molecule has 0 bridgehead atoms. The maximum Gasteiger partial charge on any atom is 0.244 e. The Balaban J connectivity index is 1.69. The molecule has 7 nitrogen and oxygen atoms in total. The Kier molecular flexibility index (Phi) is 3.71. The molecular formula is C14H16N4O3S. The third-order valence-corrected chi connectivity index (χ3v) is 5.15. The van der Waals surface area contributed by atoms with Crippen LogP contribution in [0, 0.1) is 13.8 Å². The van der Waals surface area contributed by atoms with E-state index in [0.717, 1.165) is 11.1 Å². The quantitative estimate of drug-likeness (QED) is 0.745. The molecule has 116 valence electrons. The van der Waals surface area contributed by atoms with Crippen molar-refractivity contribution in [1.29, 1.82) is 0 Å². The number of fused-ring (bicyclic) bond motifs is 1. The van der Waals surface area contributed by atoms with Gasteiger partial charge in [0.15, 0.2) is 12.0 Å². The highest BCUT2D eigenvalue weighted by molar-refractivity contribution is 7.89. The molecule has 2 N–H and O–H groups in total. The number of aromatic amines is 1. The molecule has 2 aromatic heterocycles. The van der Waals surface area contributed by atoms with Crippen LogP contribution in [-0.4, -0.2) is 30.1 Å². The fraction of sp³-hybridized carbons (Fsp3) is 0.286. The van der Waals surface area contributed by atoms with Gasteiger partial charge < -0.3 is 4.42 Å². The first-order chi connectivity index (χ1) is 10.5. The fourth-order valence-corrected chi connectivity index (χ4v) is 3.80. The molecule has 22 heavy (non-hydrogen) atoms. The van der Waals surface area contributed by atoms with E-state index in [2.05, 4.69) is 19.9 Å². The van der Waals surface area contributed by atoms with Crippen LogP contribution in [0.4, 0.5) is 0 Å². The number of sulfonamides is 1. The number of aryl methyl sites for hydroxylation is 2. The zero-order valence-electron chi connectivity index (χ0n) is 12.3. The van der Waals surface area contributed by atoms with Crippen molar-refractivity contribution in [2.24, 2.45) is 0 Å². The Morgan fingerprint density at radius 3 is 2.86 bits per heavy atom. The summed E-state index contributed by atoms with van der Waals surface area (Å²) in [6, 6.07) is 5.62. The highest BCUT2D eigenvalue weighted by Crippen LogP contribution is 2.17. The molecule has 0 aliphatic rings. The standard InChI is InChI=1S/C14H16N4O3S/c1-9-14(10(2)18-17-9)22(19,20)16-6-5-11-3-4-13-12(7-11)15-8-21-13/h3-4,7-8,16H,5-6H2,1-2H3,(H,17,18). The first kappa shape index (κ1) is 14.7. The first-order valence-corrected chi connectivity index (χ1v) is 8.29. The van der Waals surface area contributed by atoms with E-state index in [-0.39, 0.29) is 4.90 Å². The number of benzene rings is 1. The number of nitrogens with zero attached hydrogens (tertiary/aromatic N) is 2. The second-order valence-corrected chi connectivity index (χ2v) is 6.77. The SMILES string of the molecule is Cc1n[nH]c(C)c1S(=O)(=O)NCCc1ccc2ocnc2c1. The normalized spacial score (nSPS) is 12.1. The molecule has 8 heteroatoms. The third kappa shape index (κ3) is 2.75. The Morgan fingerprint density at radius 2 is 2.14 bits per heavy atom. The molecule has 1 aromatic carbocycles. The van der Waals surface area contributed by atoms with Crippen LogP contribution in [0.25, 0.3) is 11.1 Å². The van der Waals surface area contributed by atoms with Crippen molar-refractivity contribution in [2.75, 3.05) is 6.54 Å².